The number of hydrogen-bond donors (Lipinski definition) is 0. The molecule has 0 unspecified atom stereocenters. The number of likely N-dealkylation sites (tertiary alicyclic amines) is 2. The number of hydrogen-bond acceptors (Lipinski definition) is 4. The summed E-state index contributed by atoms with van der Waals surface area (Å²) < 4.78 is 0. The highest BCUT2D eigenvalue weighted by atomic mass is 16.2. The van der Waals surface area contributed by atoms with Gasteiger partial charge in [0, 0.05) is 69.1 Å². The fourth-order valence-corrected chi connectivity index (χ4v) is 4.13. The van der Waals surface area contributed by atoms with Gasteiger partial charge in [0.2, 0.25) is 11.8 Å². The minimum absolute atomic E-state index is 0.157. The van der Waals surface area contributed by atoms with Crippen molar-refractivity contribution in [1.29, 1.82) is 0 Å². The van der Waals surface area contributed by atoms with E-state index in [2.05, 4.69) is 22.1 Å². The number of aromatic nitrogens is 2. The topological polar surface area (TPSA) is 66.4 Å². The largest absolute Gasteiger partial charge is 0.342 e. The molecule has 0 spiro atoms. The summed E-state index contributed by atoms with van der Waals surface area (Å²) in [5.74, 6) is 0.687. The van der Waals surface area contributed by atoms with Crippen molar-refractivity contribution in [2.75, 3.05) is 26.2 Å². The number of nitrogens with zero attached hydrogens (tertiary/aromatic N) is 4. The van der Waals surface area contributed by atoms with Crippen molar-refractivity contribution < 1.29 is 9.59 Å². The summed E-state index contributed by atoms with van der Waals surface area (Å²) in [6, 6.07) is 8.09. The number of piperidine rings is 1. The lowest BCUT2D eigenvalue weighted by molar-refractivity contribution is -0.135. The Morgan fingerprint density at radius 3 is 2.79 bits per heavy atom. The van der Waals surface area contributed by atoms with Crippen LogP contribution < -0.4 is 0 Å². The van der Waals surface area contributed by atoms with Crippen molar-refractivity contribution in [3.05, 3.63) is 48.4 Å². The zero-order chi connectivity index (χ0) is 19.3. The van der Waals surface area contributed by atoms with Gasteiger partial charge in [-0.15, -0.1) is 0 Å². The molecule has 4 rings (SSSR count). The Morgan fingerprint density at radius 1 is 1.11 bits per heavy atom. The van der Waals surface area contributed by atoms with Crippen LogP contribution in [0.15, 0.2) is 42.9 Å². The standard InChI is InChI=1S/C22H26N4O2/c27-21-3-1-2-12-25(21)14-8-22(28)26-13-7-19(16-26)18-6-11-24-20(15-18)17-4-9-23-10-5-17/h4-6,9-11,15,19H,1-3,7-8,12-14,16H2/t19-/m1/s1. The molecule has 0 saturated carbocycles. The molecule has 2 aromatic heterocycles. The fraction of sp³-hybridized carbons (Fsp3) is 0.455. The quantitative estimate of drug-likeness (QED) is 0.802. The van der Waals surface area contributed by atoms with E-state index < -0.39 is 0 Å². The molecule has 0 bridgehead atoms. The summed E-state index contributed by atoms with van der Waals surface area (Å²) in [6.07, 6.45) is 9.43. The Bertz CT molecular complexity index is 839. The van der Waals surface area contributed by atoms with Crippen LogP contribution in [0.2, 0.25) is 0 Å². The Balaban J connectivity index is 1.35. The second kappa shape index (κ2) is 8.50. The molecule has 2 aromatic rings. The third kappa shape index (κ3) is 4.21. The van der Waals surface area contributed by atoms with Gasteiger partial charge in [-0.3, -0.25) is 19.6 Å². The lowest BCUT2D eigenvalue weighted by atomic mass is 9.97. The molecule has 2 aliphatic heterocycles. The van der Waals surface area contributed by atoms with Crippen LogP contribution in [0.5, 0.6) is 0 Å². The highest BCUT2D eigenvalue weighted by Gasteiger charge is 2.28. The summed E-state index contributed by atoms with van der Waals surface area (Å²) >= 11 is 0. The molecule has 2 saturated heterocycles. The predicted molar refractivity (Wildman–Crippen MR) is 106 cm³/mol. The Labute approximate surface area is 165 Å². The SMILES string of the molecule is O=C1CCCCN1CCC(=O)N1CC[C@@H](c2ccnc(-c3ccncc3)c2)C1. The molecule has 146 valence electrons. The number of amides is 2. The average Bonchev–Trinajstić information content (AvgIpc) is 3.24. The molecule has 0 N–H and O–H groups in total. The van der Waals surface area contributed by atoms with Crippen molar-refractivity contribution in [2.45, 2.75) is 38.0 Å². The average molecular weight is 378 g/mol. The van der Waals surface area contributed by atoms with Gasteiger partial charge in [-0.1, -0.05) is 0 Å². The third-order valence-corrected chi connectivity index (χ3v) is 5.79. The molecule has 4 heterocycles. The Kier molecular flexibility index (Phi) is 5.65. The molecule has 0 radical (unpaired) electrons. The maximum Gasteiger partial charge on any atom is 0.224 e. The van der Waals surface area contributed by atoms with Gasteiger partial charge in [-0.2, -0.15) is 0 Å². The highest BCUT2D eigenvalue weighted by Crippen LogP contribution is 2.29. The van der Waals surface area contributed by atoms with Crippen LogP contribution in [0.4, 0.5) is 0 Å². The summed E-state index contributed by atoms with van der Waals surface area (Å²) in [7, 11) is 0. The van der Waals surface area contributed by atoms with Gasteiger partial charge in [0.25, 0.3) is 0 Å². The van der Waals surface area contributed by atoms with Gasteiger partial charge < -0.3 is 9.80 Å². The summed E-state index contributed by atoms with van der Waals surface area (Å²) in [4.78, 5) is 36.9. The van der Waals surface area contributed by atoms with Crippen molar-refractivity contribution in [2.24, 2.45) is 0 Å². The zero-order valence-corrected chi connectivity index (χ0v) is 16.1. The Hall–Kier alpha value is -2.76. The van der Waals surface area contributed by atoms with Gasteiger partial charge in [0.15, 0.2) is 0 Å². The normalized spacial score (nSPS) is 19.9. The first-order valence-electron chi connectivity index (χ1n) is 10.1. The van der Waals surface area contributed by atoms with E-state index in [1.807, 2.05) is 28.1 Å². The first-order valence-corrected chi connectivity index (χ1v) is 10.1. The number of rotatable bonds is 5. The van der Waals surface area contributed by atoms with E-state index in [-0.39, 0.29) is 11.8 Å². The molecular weight excluding hydrogens is 352 g/mol. The second-order valence-electron chi connectivity index (χ2n) is 7.62. The Morgan fingerprint density at radius 2 is 1.96 bits per heavy atom. The van der Waals surface area contributed by atoms with E-state index in [4.69, 9.17) is 0 Å². The van der Waals surface area contributed by atoms with Crippen LogP contribution in [0, 0.1) is 0 Å². The maximum absolute atomic E-state index is 12.6. The molecular formula is C22H26N4O2. The van der Waals surface area contributed by atoms with Crippen LogP contribution in [0.25, 0.3) is 11.3 Å². The van der Waals surface area contributed by atoms with Crippen molar-refractivity contribution >= 4 is 11.8 Å². The van der Waals surface area contributed by atoms with Gasteiger partial charge in [-0.25, -0.2) is 0 Å². The van der Waals surface area contributed by atoms with E-state index in [9.17, 15) is 9.59 Å². The van der Waals surface area contributed by atoms with Gasteiger partial charge in [-0.05, 0) is 49.1 Å². The van der Waals surface area contributed by atoms with Gasteiger partial charge in [0.1, 0.15) is 0 Å². The lowest BCUT2D eigenvalue weighted by Gasteiger charge is -2.27. The first-order chi connectivity index (χ1) is 13.7. The summed E-state index contributed by atoms with van der Waals surface area (Å²) in [5.41, 5.74) is 3.21. The van der Waals surface area contributed by atoms with Crippen LogP contribution in [-0.2, 0) is 9.59 Å². The molecule has 1 atom stereocenters. The molecule has 28 heavy (non-hydrogen) atoms. The summed E-state index contributed by atoms with van der Waals surface area (Å²) in [5, 5.41) is 0. The van der Waals surface area contributed by atoms with Crippen LogP contribution in [0.1, 0.15) is 43.6 Å². The highest BCUT2D eigenvalue weighted by molar-refractivity contribution is 5.79. The second-order valence-corrected chi connectivity index (χ2v) is 7.62. The lowest BCUT2D eigenvalue weighted by Crippen LogP contribution is -2.38. The van der Waals surface area contributed by atoms with E-state index >= 15 is 0 Å². The zero-order valence-electron chi connectivity index (χ0n) is 16.1. The van der Waals surface area contributed by atoms with Crippen molar-refractivity contribution in [1.82, 2.24) is 19.8 Å². The van der Waals surface area contributed by atoms with Crippen LogP contribution in [0.3, 0.4) is 0 Å². The monoisotopic (exact) mass is 378 g/mol. The summed E-state index contributed by atoms with van der Waals surface area (Å²) in [6.45, 7) is 2.88. The van der Waals surface area contributed by atoms with E-state index in [1.165, 1.54) is 5.56 Å². The first kappa shape index (κ1) is 18.6. The smallest absolute Gasteiger partial charge is 0.224 e. The third-order valence-electron chi connectivity index (χ3n) is 5.79. The van der Waals surface area contributed by atoms with Crippen molar-refractivity contribution in [3.8, 4) is 11.3 Å². The minimum atomic E-state index is 0.157. The maximum atomic E-state index is 12.6. The fourth-order valence-electron chi connectivity index (χ4n) is 4.13. The molecule has 6 nitrogen and oxygen atoms in total. The number of carbonyl (C=O) groups excluding carboxylic acids is 2. The predicted octanol–water partition coefficient (Wildman–Crippen LogP) is 2.86. The number of carbonyl (C=O) groups is 2. The van der Waals surface area contributed by atoms with Crippen LogP contribution >= 0.6 is 0 Å². The molecule has 0 aromatic carbocycles. The van der Waals surface area contributed by atoms with Crippen LogP contribution in [-0.4, -0.2) is 57.8 Å². The molecule has 0 aliphatic carbocycles. The van der Waals surface area contributed by atoms with E-state index in [1.54, 1.807) is 12.4 Å². The van der Waals surface area contributed by atoms with Crippen molar-refractivity contribution in [3.63, 3.8) is 0 Å². The van der Waals surface area contributed by atoms with Gasteiger partial charge >= 0.3 is 0 Å². The van der Waals surface area contributed by atoms with E-state index in [0.717, 1.165) is 50.2 Å². The molecule has 6 heteroatoms. The molecule has 2 amide bonds. The molecule has 2 fully saturated rings. The number of pyridine rings is 2. The minimum Gasteiger partial charge on any atom is -0.342 e. The molecule has 2 aliphatic rings. The van der Waals surface area contributed by atoms with Gasteiger partial charge in [0.05, 0.1) is 5.69 Å². The van der Waals surface area contributed by atoms with E-state index in [0.29, 0.717) is 25.3 Å².